The van der Waals surface area contributed by atoms with Crippen LogP contribution in [0.2, 0.25) is 5.02 Å². The van der Waals surface area contributed by atoms with E-state index in [1.165, 1.54) is 20.4 Å². The largest absolute Gasteiger partial charge is 0.497 e. The molecule has 3 aromatic rings. The Morgan fingerprint density at radius 2 is 1.79 bits per heavy atom. The third kappa shape index (κ3) is 6.69. The van der Waals surface area contributed by atoms with Crippen molar-refractivity contribution < 1.29 is 27.4 Å². The Morgan fingerprint density at radius 1 is 1.07 bits per heavy atom. The second kappa shape index (κ2) is 12.6. The lowest BCUT2D eigenvalue weighted by Gasteiger charge is -2.39. The van der Waals surface area contributed by atoms with Gasteiger partial charge in [0.2, 0.25) is 16.0 Å². The fourth-order valence-corrected chi connectivity index (χ4v) is 5.93. The average molecular weight is 633 g/mol. The van der Waals surface area contributed by atoms with Gasteiger partial charge in [-0.2, -0.15) is 4.98 Å². The van der Waals surface area contributed by atoms with Crippen molar-refractivity contribution in [3.05, 3.63) is 47.1 Å². The lowest BCUT2D eigenvalue weighted by molar-refractivity contribution is -0.169. The van der Waals surface area contributed by atoms with E-state index in [-0.39, 0.29) is 16.8 Å². The molecule has 0 radical (unpaired) electrons. The molecule has 5 rings (SSSR count). The smallest absolute Gasteiger partial charge is 0.232 e. The van der Waals surface area contributed by atoms with Crippen molar-refractivity contribution in [2.24, 2.45) is 0 Å². The van der Waals surface area contributed by atoms with Gasteiger partial charge in [-0.15, -0.1) is 0 Å². The molecule has 2 fully saturated rings. The molecular weight excluding hydrogens is 596 g/mol. The molecule has 232 valence electrons. The Hall–Kier alpha value is -3.52. The van der Waals surface area contributed by atoms with Gasteiger partial charge in [-0.25, -0.2) is 13.4 Å². The fraction of sp³-hybridized carbons (Fsp3) is 0.448. The monoisotopic (exact) mass is 632 g/mol. The van der Waals surface area contributed by atoms with Gasteiger partial charge in [0.05, 0.1) is 56.9 Å². The molecule has 43 heavy (non-hydrogen) atoms. The summed E-state index contributed by atoms with van der Waals surface area (Å²) in [6.45, 7) is 5.06. The molecule has 0 bridgehead atoms. The van der Waals surface area contributed by atoms with Crippen LogP contribution in [0.15, 0.2) is 36.5 Å². The Bertz CT molecular complexity index is 1570. The summed E-state index contributed by atoms with van der Waals surface area (Å²) in [5.41, 5.74) is 3.79. The van der Waals surface area contributed by atoms with E-state index in [0.29, 0.717) is 41.8 Å². The van der Waals surface area contributed by atoms with Gasteiger partial charge >= 0.3 is 0 Å². The van der Waals surface area contributed by atoms with E-state index >= 15 is 0 Å². The van der Waals surface area contributed by atoms with Crippen LogP contribution in [0.4, 0.5) is 34.5 Å². The van der Waals surface area contributed by atoms with Crippen LogP contribution in [-0.2, 0) is 25.9 Å². The van der Waals surface area contributed by atoms with Crippen molar-refractivity contribution in [2.75, 3.05) is 73.7 Å². The number of hydrogen-bond donors (Lipinski definition) is 2. The molecule has 2 saturated heterocycles. The summed E-state index contributed by atoms with van der Waals surface area (Å²) in [5.74, 6) is 1.26. The van der Waals surface area contributed by atoms with E-state index in [1.807, 2.05) is 6.07 Å². The third-order valence-electron chi connectivity index (χ3n) is 7.75. The molecule has 0 saturated carbocycles. The van der Waals surface area contributed by atoms with Crippen LogP contribution in [0.3, 0.4) is 0 Å². The van der Waals surface area contributed by atoms with Crippen LogP contribution < -0.4 is 29.3 Å². The third-order valence-corrected chi connectivity index (χ3v) is 9.21. The number of methoxy groups -OCH3 is 2. The average Bonchev–Trinajstić information content (AvgIpc) is 3.46. The molecule has 0 atom stereocenters. The molecule has 2 aliphatic heterocycles. The van der Waals surface area contributed by atoms with Crippen molar-refractivity contribution >= 4 is 56.1 Å². The zero-order valence-electron chi connectivity index (χ0n) is 24.9. The highest BCUT2D eigenvalue weighted by molar-refractivity contribution is 7.92. The molecule has 2 aliphatic rings. The Labute approximate surface area is 257 Å². The maximum Gasteiger partial charge on any atom is 0.232 e. The SMILES string of the molecule is CCc1cc(Nc2ncc(Cl)c(Nc3ccc(OC)cc3N(C)S(C)(=O)=O)n2)c(OC)cc1N1CCC2(CC1)OCCO2. The van der Waals surface area contributed by atoms with Gasteiger partial charge in [0.1, 0.15) is 16.5 Å². The van der Waals surface area contributed by atoms with Gasteiger partial charge in [0.15, 0.2) is 11.6 Å². The summed E-state index contributed by atoms with van der Waals surface area (Å²) in [5, 5.41) is 6.68. The van der Waals surface area contributed by atoms with E-state index in [1.54, 1.807) is 25.3 Å². The first-order valence-corrected chi connectivity index (χ1v) is 16.2. The first-order valence-electron chi connectivity index (χ1n) is 14.0. The van der Waals surface area contributed by atoms with Gasteiger partial charge < -0.3 is 34.5 Å². The molecule has 14 heteroatoms. The molecule has 1 spiro atoms. The van der Waals surface area contributed by atoms with Crippen LogP contribution in [0.25, 0.3) is 0 Å². The number of nitrogens with one attached hydrogen (secondary N) is 2. The van der Waals surface area contributed by atoms with E-state index in [0.717, 1.165) is 54.2 Å². The summed E-state index contributed by atoms with van der Waals surface area (Å²) in [4.78, 5) is 11.3. The highest BCUT2D eigenvalue weighted by atomic mass is 35.5. The zero-order chi connectivity index (χ0) is 30.8. The highest BCUT2D eigenvalue weighted by Gasteiger charge is 2.40. The molecule has 1 aromatic heterocycles. The maximum absolute atomic E-state index is 12.3. The highest BCUT2D eigenvalue weighted by Crippen LogP contribution is 2.40. The molecule has 3 heterocycles. The minimum Gasteiger partial charge on any atom is -0.497 e. The summed E-state index contributed by atoms with van der Waals surface area (Å²) in [6.07, 6.45) is 5.02. The number of aryl methyl sites for hydroxylation is 1. The van der Waals surface area contributed by atoms with Crippen molar-refractivity contribution in [1.29, 1.82) is 0 Å². The minimum absolute atomic E-state index is 0.254. The fourth-order valence-electron chi connectivity index (χ4n) is 5.28. The molecule has 12 nitrogen and oxygen atoms in total. The van der Waals surface area contributed by atoms with Crippen LogP contribution >= 0.6 is 11.6 Å². The van der Waals surface area contributed by atoms with Crippen molar-refractivity contribution in [1.82, 2.24) is 9.97 Å². The molecule has 0 aliphatic carbocycles. The number of rotatable bonds is 10. The predicted molar refractivity (Wildman–Crippen MR) is 168 cm³/mol. The van der Waals surface area contributed by atoms with Crippen LogP contribution in [-0.4, -0.2) is 78.0 Å². The van der Waals surface area contributed by atoms with Crippen molar-refractivity contribution in [2.45, 2.75) is 32.0 Å². The predicted octanol–water partition coefficient (Wildman–Crippen LogP) is 4.94. The summed E-state index contributed by atoms with van der Waals surface area (Å²) < 4.78 is 48.7. The van der Waals surface area contributed by atoms with E-state index in [9.17, 15) is 8.42 Å². The zero-order valence-corrected chi connectivity index (χ0v) is 26.5. The Kier molecular flexibility index (Phi) is 9.07. The number of ether oxygens (including phenoxy) is 4. The number of piperidine rings is 1. The number of sulfonamides is 1. The first kappa shape index (κ1) is 30.9. The normalized spacial score (nSPS) is 16.3. The molecule has 0 unspecified atom stereocenters. The second-order valence-corrected chi connectivity index (χ2v) is 12.8. The number of aromatic nitrogens is 2. The summed E-state index contributed by atoms with van der Waals surface area (Å²) in [7, 11) is 1.04. The van der Waals surface area contributed by atoms with Gasteiger partial charge in [0, 0.05) is 50.8 Å². The number of nitrogens with zero attached hydrogens (tertiary/aromatic N) is 4. The molecule has 0 amide bonds. The lowest BCUT2D eigenvalue weighted by Crippen LogP contribution is -2.45. The van der Waals surface area contributed by atoms with Crippen molar-refractivity contribution in [3.8, 4) is 11.5 Å². The van der Waals surface area contributed by atoms with Gasteiger partial charge in [-0.05, 0) is 30.2 Å². The minimum atomic E-state index is -3.56. The van der Waals surface area contributed by atoms with E-state index < -0.39 is 15.8 Å². The van der Waals surface area contributed by atoms with Crippen LogP contribution in [0.5, 0.6) is 11.5 Å². The Morgan fingerprint density at radius 3 is 2.42 bits per heavy atom. The Balaban J connectivity index is 1.40. The van der Waals surface area contributed by atoms with Gasteiger partial charge in [-0.1, -0.05) is 18.5 Å². The number of hydrogen-bond acceptors (Lipinski definition) is 11. The standard InChI is InChI=1S/C29H37ClN6O6S/c1-6-19-15-23(26(40-4)17-24(19)36-11-9-29(10-12-36)41-13-14-42-29)33-28-31-18-21(30)27(34-28)32-22-8-7-20(39-3)16-25(22)35(2)43(5,37)38/h7-8,15-18H,6,9-14H2,1-5H3,(H2,31,32,33,34). The summed E-state index contributed by atoms with van der Waals surface area (Å²) in [6, 6.07) is 9.12. The van der Waals surface area contributed by atoms with Crippen LogP contribution in [0, 0.1) is 0 Å². The molecule has 2 N–H and O–H groups in total. The first-order chi connectivity index (χ1) is 20.6. The topological polar surface area (TPSA) is 127 Å². The van der Waals surface area contributed by atoms with E-state index in [2.05, 4.69) is 38.5 Å². The molecular formula is C29H37ClN6O6S. The van der Waals surface area contributed by atoms with Gasteiger partial charge in [-0.3, -0.25) is 4.31 Å². The van der Waals surface area contributed by atoms with Crippen LogP contribution in [0.1, 0.15) is 25.3 Å². The number of anilines is 6. The number of benzene rings is 2. The summed E-state index contributed by atoms with van der Waals surface area (Å²) >= 11 is 6.47. The quantitative estimate of drug-likeness (QED) is 0.316. The maximum atomic E-state index is 12.3. The lowest BCUT2D eigenvalue weighted by atomic mass is 10.0. The van der Waals surface area contributed by atoms with Crippen molar-refractivity contribution in [3.63, 3.8) is 0 Å². The van der Waals surface area contributed by atoms with E-state index in [4.69, 9.17) is 30.5 Å². The number of halogens is 1. The molecule has 2 aromatic carbocycles. The second-order valence-electron chi connectivity index (χ2n) is 10.4. The van der Waals surface area contributed by atoms with Gasteiger partial charge in [0.25, 0.3) is 0 Å².